The Labute approximate surface area is 96.7 Å². The monoisotopic (exact) mass is 215 g/mol. The van der Waals surface area contributed by atoms with Gasteiger partial charge in [0.15, 0.2) is 0 Å². The Morgan fingerprint density at radius 3 is 2.75 bits per heavy atom. The van der Waals surface area contributed by atoms with Crippen molar-refractivity contribution in [2.75, 3.05) is 13.1 Å². The van der Waals surface area contributed by atoms with E-state index in [1.165, 1.54) is 5.56 Å². The van der Waals surface area contributed by atoms with Gasteiger partial charge in [-0.15, -0.1) is 0 Å². The van der Waals surface area contributed by atoms with Crippen LogP contribution in [0.3, 0.4) is 0 Å². The Bertz CT molecular complexity index is 398. The van der Waals surface area contributed by atoms with Crippen LogP contribution in [0.25, 0.3) is 0 Å². The number of likely N-dealkylation sites (tertiary alicyclic amines) is 1. The Kier molecular flexibility index (Phi) is 3.21. The van der Waals surface area contributed by atoms with Gasteiger partial charge in [-0.2, -0.15) is 5.26 Å². The fourth-order valence-corrected chi connectivity index (χ4v) is 2.27. The van der Waals surface area contributed by atoms with Crippen LogP contribution in [0.2, 0.25) is 0 Å². The topological polar surface area (TPSA) is 39.9 Å². The lowest BCUT2D eigenvalue weighted by Gasteiger charge is -2.15. The van der Waals surface area contributed by atoms with Crippen molar-refractivity contribution in [3.8, 4) is 6.07 Å². The highest BCUT2D eigenvalue weighted by molar-refractivity contribution is 5.25. The maximum atomic E-state index is 8.78. The number of pyridine rings is 1. The Hall–Kier alpha value is -1.40. The summed E-state index contributed by atoms with van der Waals surface area (Å²) in [6.45, 7) is 7.86. The maximum Gasteiger partial charge on any atom is 0.140 e. The molecule has 0 aliphatic carbocycles. The number of hydrogen-bond donors (Lipinski definition) is 0. The van der Waals surface area contributed by atoms with Gasteiger partial charge in [0.2, 0.25) is 0 Å². The van der Waals surface area contributed by atoms with Gasteiger partial charge in [0, 0.05) is 25.8 Å². The molecule has 0 aromatic carbocycles. The number of nitriles is 1. The number of nitrogens with zero attached hydrogens (tertiary/aromatic N) is 3. The van der Waals surface area contributed by atoms with Crippen molar-refractivity contribution in [2.45, 2.75) is 20.4 Å². The van der Waals surface area contributed by atoms with Crippen molar-refractivity contribution in [1.29, 1.82) is 5.26 Å². The predicted molar refractivity (Wildman–Crippen MR) is 62.6 cm³/mol. The smallest absolute Gasteiger partial charge is 0.140 e. The number of hydrogen-bond acceptors (Lipinski definition) is 3. The van der Waals surface area contributed by atoms with Gasteiger partial charge in [-0.25, -0.2) is 4.98 Å². The van der Waals surface area contributed by atoms with Crippen LogP contribution in [0.5, 0.6) is 0 Å². The summed E-state index contributed by atoms with van der Waals surface area (Å²) < 4.78 is 0. The van der Waals surface area contributed by atoms with Gasteiger partial charge in [-0.05, 0) is 29.5 Å². The minimum absolute atomic E-state index is 0.512. The van der Waals surface area contributed by atoms with Gasteiger partial charge >= 0.3 is 0 Å². The van der Waals surface area contributed by atoms with Crippen LogP contribution in [0.15, 0.2) is 18.3 Å². The molecule has 1 aromatic rings. The molecule has 0 saturated carbocycles. The van der Waals surface area contributed by atoms with E-state index >= 15 is 0 Å². The van der Waals surface area contributed by atoms with Gasteiger partial charge < -0.3 is 0 Å². The number of aromatic nitrogens is 1. The molecule has 3 heteroatoms. The van der Waals surface area contributed by atoms with E-state index in [0.29, 0.717) is 5.69 Å². The van der Waals surface area contributed by atoms with Gasteiger partial charge in [-0.3, -0.25) is 4.90 Å². The zero-order valence-electron chi connectivity index (χ0n) is 9.85. The molecule has 0 radical (unpaired) electrons. The van der Waals surface area contributed by atoms with E-state index in [0.717, 1.165) is 31.5 Å². The van der Waals surface area contributed by atoms with Gasteiger partial charge in [0.05, 0.1) is 0 Å². The van der Waals surface area contributed by atoms with Crippen LogP contribution in [-0.2, 0) is 6.54 Å². The van der Waals surface area contributed by atoms with E-state index < -0.39 is 0 Å². The Morgan fingerprint density at radius 2 is 2.12 bits per heavy atom. The minimum atomic E-state index is 0.512. The summed E-state index contributed by atoms with van der Waals surface area (Å²) >= 11 is 0. The minimum Gasteiger partial charge on any atom is -0.299 e. The average Bonchev–Trinajstić information content (AvgIpc) is 2.58. The molecule has 0 bridgehead atoms. The summed E-state index contributed by atoms with van der Waals surface area (Å²) in [4.78, 5) is 6.43. The molecule has 1 saturated heterocycles. The summed E-state index contributed by atoms with van der Waals surface area (Å²) in [6, 6.07) is 5.96. The van der Waals surface area contributed by atoms with Crippen LogP contribution in [0.4, 0.5) is 0 Å². The molecule has 0 N–H and O–H groups in total. The van der Waals surface area contributed by atoms with Crippen LogP contribution >= 0.6 is 0 Å². The standard InChI is InChI=1S/C13H17N3/c1-10-7-16(8-11(10)2)9-12-3-4-15-13(5-12)6-14/h3-5,10-11H,7-9H2,1-2H3. The average molecular weight is 215 g/mol. The third-order valence-electron chi connectivity index (χ3n) is 3.41. The van der Waals surface area contributed by atoms with Crippen LogP contribution in [0.1, 0.15) is 25.1 Å². The second-order valence-electron chi connectivity index (χ2n) is 4.81. The lowest BCUT2D eigenvalue weighted by Crippen LogP contribution is -2.20. The normalized spacial score (nSPS) is 25.6. The third kappa shape index (κ3) is 2.40. The largest absolute Gasteiger partial charge is 0.299 e. The van der Waals surface area contributed by atoms with E-state index in [2.05, 4.69) is 29.8 Å². The molecule has 1 aliphatic heterocycles. The molecule has 0 amide bonds. The molecule has 84 valence electrons. The molecule has 1 aromatic heterocycles. The van der Waals surface area contributed by atoms with Crippen molar-refractivity contribution in [2.24, 2.45) is 11.8 Å². The molecular formula is C13H17N3. The summed E-state index contributed by atoms with van der Waals surface area (Å²) in [5.74, 6) is 1.55. The van der Waals surface area contributed by atoms with E-state index in [-0.39, 0.29) is 0 Å². The van der Waals surface area contributed by atoms with E-state index in [9.17, 15) is 0 Å². The summed E-state index contributed by atoms with van der Waals surface area (Å²) in [5, 5.41) is 8.78. The second kappa shape index (κ2) is 4.63. The van der Waals surface area contributed by atoms with Gasteiger partial charge in [0.25, 0.3) is 0 Å². The Morgan fingerprint density at radius 1 is 1.44 bits per heavy atom. The maximum absolute atomic E-state index is 8.78. The predicted octanol–water partition coefficient (Wildman–Crippen LogP) is 2.04. The lowest BCUT2D eigenvalue weighted by molar-refractivity contribution is 0.316. The quantitative estimate of drug-likeness (QED) is 0.758. The van der Waals surface area contributed by atoms with Crippen LogP contribution in [0, 0.1) is 23.2 Å². The van der Waals surface area contributed by atoms with Gasteiger partial charge in [-0.1, -0.05) is 13.8 Å². The summed E-state index contributed by atoms with van der Waals surface area (Å²) in [5.41, 5.74) is 1.70. The number of rotatable bonds is 2. The third-order valence-corrected chi connectivity index (χ3v) is 3.41. The van der Waals surface area contributed by atoms with E-state index in [1.807, 2.05) is 12.1 Å². The SMILES string of the molecule is CC1CN(Cc2ccnc(C#N)c2)CC1C. The lowest BCUT2D eigenvalue weighted by atomic mass is 10.0. The van der Waals surface area contributed by atoms with Crippen molar-refractivity contribution in [3.05, 3.63) is 29.6 Å². The van der Waals surface area contributed by atoms with E-state index in [1.54, 1.807) is 6.20 Å². The zero-order valence-corrected chi connectivity index (χ0v) is 9.85. The highest BCUT2D eigenvalue weighted by atomic mass is 15.1. The van der Waals surface area contributed by atoms with E-state index in [4.69, 9.17) is 5.26 Å². The van der Waals surface area contributed by atoms with Crippen LogP contribution in [-0.4, -0.2) is 23.0 Å². The first kappa shape index (κ1) is 11.1. The van der Waals surface area contributed by atoms with Crippen LogP contribution < -0.4 is 0 Å². The van der Waals surface area contributed by atoms with Crippen molar-refractivity contribution >= 4 is 0 Å². The molecule has 16 heavy (non-hydrogen) atoms. The summed E-state index contributed by atoms with van der Waals surface area (Å²) in [7, 11) is 0. The first-order chi connectivity index (χ1) is 7.69. The van der Waals surface area contributed by atoms with Crippen molar-refractivity contribution in [1.82, 2.24) is 9.88 Å². The molecule has 2 unspecified atom stereocenters. The van der Waals surface area contributed by atoms with Crippen molar-refractivity contribution in [3.63, 3.8) is 0 Å². The second-order valence-corrected chi connectivity index (χ2v) is 4.81. The highest BCUT2D eigenvalue weighted by Gasteiger charge is 2.25. The first-order valence-electron chi connectivity index (χ1n) is 5.76. The van der Waals surface area contributed by atoms with Crippen molar-refractivity contribution < 1.29 is 0 Å². The molecule has 2 atom stereocenters. The first-order valence-corrected chi connectivity index (χ1v) is 5.76. The zero-order chi connectivity index (χ0) is 11.5. The fourth-order valence-electron chi connectivity index (χ4n) is 2.27. The molecule has 0 spiro atoms. The fraction of sp³-hybridized carbons (Fsp3) is 0.538. The molecule has 2 rings (SSSR count). The summed E-state index contributed by atoms with van der Waals surface area (Å²) in [6.07, 6.45) is 1.72. The highest BCUT2D eigenvalue weighted by Crippen LogP contribution is 2.23. The molecule has 1 fully saturated rings. The molecule has 3 nitrogen and oxygen atoms in total. The van der Waals surface area contributed by atoms with Gasteiger partial charge in [0.1, 0.15) is 11.8 Å². The molecular weight excluding hydrogens is 198 g/mol. The molecule has 1 aliphatic rings. The molecule has 2 heterocycles. The Balaban J connectivity index is 2.02.